The number of amides is 1. The van der Waals surface area contributed by atoms with Crippen molar-refractivity contribution < 1.29 is 14.6 Å². The van der Waals surface area contributed by atoms with Crippen molar-refractivity contribution in [2.24, 2.45) is 5.92 Å². The molecule has 0 fully saturated rings. The van der Waals surface area contributed by atoms with Gasteiger partial charge >= 0.3 is 0 Å². The number of benzene rings is 1. The highest BCUT2D eigenvalue weighted by Crippen LogP contribution is 2.17. The lowest BCUT2D eigenvalue weighted by Gasteiger charge is -2.13. The summed E-state index contributed by atoms with van der Waals surface area (Å²) in [7, 11) is 0. The molecule has 0 saturated carbocycles. The lowest BCUT2D eigenvalue weighted by atomic mass is 10.1. The molecule has 1 aromatic rings. The zero-order valence-electron chi connectivity index (χ0n) is 11.0. The number of hydrogen-bond donors (Lipinski definition) is 2. The Morgan fingerprint density at radius 2 is 2.17 bits per heavy atom. The number of ether oxygens (including phenoxy) is 1. The van der Waals surface area contributed by atoms with Crippen LogP contribution in [0.25, 0.3) is 0 Å². The Morgan fingerprint density at radius 3 is 2.83 bits per heavy atom. The van der Waals surface area contributed by atoms with Crippen molar-refractivity contribution in [2.45, 2.75) is 20.3 Å². The molecule has 4 heteroatoms. The lowest BCUT2D eigenvalue weighted by Crippen LogP contribution is -2.29. The van der Waals surface area contributed by atoms with Crippen molar-refractivity contribution >= 4 is 5.91 Å². The maximum Gasteiger partial charge on any atom is 0.255 e. The molecule has 1 atom stereocenters. The second kappa shape index (κ2) is 7.71. The third-order valence-corrected chi connectivity index (χ3v) is 2.66. The Hall–Kier alpha value is -1.55. The Bertz CT molecular complexity index is 379. The van der Waals surface area contributed by atoms with Gasteiger partial charge in [-0.2, -0.15) is 0 Å². The summed E-state index contributed by atoms with van der Waals surface area (Å²) in [4.78, 5) is 12.0. The lowest BCUT2D eigenvalue weighted by molar-refractivity contribution is 0.0941. The Morgan fingerprint density at radius 1 is 1.44 bits per heavy atom. The van der Waals surface area contributed by atoms with Crippen molar-refractivity contribution in [3.05, 3.63) is 29.8 Å². The van der Waals surface area contributed by atoms with E-state index in [1.807, 2.05) is 26.0 Å². The van der Waals surface area contributed by atoms with Crippen LogP contribution in [-0.2, 0) is 0 Å². The molecule has 1 unspecified atom stereocenters. The first-order valence-electron chi connectivity index (χ1n) is 6.30. The van der Waals surface area contributed by atoms with Crippen LogP contribution >= 0.6 is 0 Å². The van der Waals surface area contributed by atoms with Gasteiger partial charge in [-0.1, -0.05) is 19.1 Å². The van der Waals surface area contributed by atoms with Gasteiger partial charge in [-0.25, -0.2) is 0 Å². The van der Waals surface area contributed by atoms with Crippen molar-refractivity contribution in [1.29, 1.82) is 0 Å². The monoisotopic (exact) mass is 251 g/mol. The number of carbonyl (C=O) groups excluding carboxylic acids is 1. The zero-order valence-corrected chi connectivity index (χ0v) is 11.0. The predicted molar refractivity (Wildman–Crippen MR) is 70.8 cm³/mol. The fourth-order valence-electron chi connectivity index (χ4n) is 1.62. The molecule has 4 nitrogen and oxygen atoms in total. The van der Waals surface area contributed by atoms with E-state index in [1.54, 1.807) is 12.1 Å². The summed E-state index contributed by atoms with van der Waals surface area (Å²) in [5.41, 5.74) is 0.551. The maximum atomic E-state index is 12.0. The molecule has 0 radical (unpaired) electrons. The van der Waals surface area contributed by atoms with Crippen molar-refractivity contribution in [3.8, 4) is 5.75 Å². The van der Waals surface area contributed by atoms with E-state index in [1.165, 1.54) is 0 Å². The molecule has 1 aromatic carbocycles. The number of nitrogens with one attached hydrogen (secondary N) is 1. The number of hydrogen-bond acceptors (Lipinski definition) is 3. The van der Waals surface area contributed by atoms with Crippen LogP contribution in [-0.4, -0.2) is 30.8 Å². The minimum Gasteiger partial charge on any atom is -0.493 e. The molecule has 0 bridgehead atoms. The number of para-hydroxylation sites is 1. The number of rotatable bonds is 7. The van der Waals surface area contributed by atoms with Crippen LogP contribution in [0.15, 0.2) is 24.3 Å². The molecule has 1 amide bonds. The van der Waals surface area contributed by atoms with Crippen LogP contribution in [0, 0.1) is 5.92 Å². The zero-order chi connectivity index (χ0) is 13.4. The van der Waals surface area contributed by atoms with E-state index < -0.39 is 0 Å². The summed E-state index contributed by atoms with van der Waals surface area (Å²) >= 11 is 0. The van der Waals surface area contributed by atoms with Gasteiger partial charge in [0.2, 0.25) is 0 Å². The molecule has 100 valence electrons. The van der Waals surface area contributed by atoms with E-state index >= 15 is 0 Å². The molecule has 0 saturated heterocycles. The second-order valence-corrected chi connectivity index (χ2v) is 4.26. The quantitative estimate of drug-likeness (QED) is 0.777. The van der Waals surface area contributed by atoms with Crippen LogP contribution in [0.3, 0.4) is 0 Å². The molecule has 0 aliphatic carbocycles. The van der Waals surface area contributed by atoms with Crippen LogP contribution in [0.1, 0.15) is 30.6 Å². The smallest absolute Gasteiger partial charge is 0.255 e. The minimum atomic E-state index is -0.135. The van der Waals surface area contributed by atoms with Gasteiger partial charge in [0.15, 0.2) is 0 Å². The highest BCUT2D eigenvalue weighted by molar-refractivity contribution is 5.96. The summed E-state index contributed by atoms with van der Waals surface area (Å²) in [6.07, 6.45) is 0.688. The standard InChI is InChI=1S/C14H21NO3/c1-3-18-13-7-5-4-6-12(13)14(17)15-10-11(2)8-9-16/h4-7,11,16H,3,8-10H2,1-2H3,(H,15,17). The Labute approximate surface area is 108 Å². The van der Waals surface area contributed by atoms with Gasteiger partial charge < -0.3 is 15.2 Å². The van der Waals surface area contributed by atoms with Crippen molar-refractivity contribution in [3.63, 3.8) is 0 Å². The van der Waals surface area contributed by atoms with Gasteiger partial charge in [0.1, 0.15) is 5.75 Å². The number of aliphatic hydroxyl groups excluding tert-OH is 1. The fourth-order valence-corrected chi connectivity index (χ4v) is 1.62. The van der Waals surface area contributed by atoms with E-state index in [2.05, 4.69) is 5.32 Å². The highest BCUT2D eigenvalue weighted by atomic mass is 16.5. The molecule has 0 spiro atoms. The van der Waals surface area contributed by atoms with E-state index in [9.17, 15) is 4.79 Å². The number of carbonyl (C=O) groups is 1. The molecular weight excluding hydrogens is 230 g/mol. The summed E-state index contributed by atoms with van der Waals surface area (Å²) < 4.78 is 5.41. The summed E-state index contributed by atoms with van der Waals surface area (Å²) in [5, 5.41) is 11.7. The summed E-state index contributed by atoms with van der Waals surface area (Å²) in [6.45, 7) is 5.11. The van der Waals surface area contributed by atoms with Crippen LogP contribution in [0.4, 0.5) is 0 Å². The molecular formula is C14H21NO3. The van der Waals surface area contributed by atoms with Crippen LogP contribution in [0.5, 0.6) is 5.75 Å². The van der Waals surface area contributed by atoms with Gasteiger partial charge in [0.25, 0.3) is 5.91 Å². The van der Waals surface area contributed by atoms with Crippen molar-refractivity contribution in [1.82, 2.24) is 5.32 Å². The predicted octanol–water partition coefficient (Wildman–Crippen LogP) is 1.83. The molecule has 18 heavy (non-hydrogen) atoms. The molecule has 0 aliphatic rings. The van der Waals surface area contributed by atoms with Gasteiger partial charge in [-0.3, -0.25) is 4.79 Å². The molecule has 0 aliphatic heterocycles. The third kappa shape index (κ3) is 4.37. The normalized spacial score (nSPS) is 11.9. The van der Waals surface area contributed by atoms with E-state index in [4.69, 9.17) is 9.84 Å². The maximum absolute atomic E-state index is 12.0. The Kier molecular flexibility index (Phi) is 6.22. The molecule has 0 heterocycles. The SMILES string of the molecule is CCOc1ccccc1C(=O)NCC(C)CCO. The summed E-state index contributed by atoms with van der Waals surface area (Å²) in [5.74, 6) is 0.731. The third-order valence-electron chi connectivity index (χ3n) is 2.66. The van der Waals surface area contributed by atoms with Gasteiger partial charge in [-0.15, -0.1) is 0 Å². The first-order chi connectivity index (χ1) is 8.69. The van der Waals surface area contributed by atoms with E-state index in [0.29, 0.717) is 30.9 Å². The van der Waals surface area contributed by atoms with Crippen molar-refractivity contribution in [2.75, 3.05) is 19.8 Å². The Balaban J connectivity index is 2.60. The van der Waals surface area contributed by atoms with Gasteiger partial charge in [0.05, 0.1) is 12.2 Å². The summed E-state index contributed by atoms with van der Waals surface area (Å²) in [6, 6.07) is 7.19. The molecule has 1 rings (SSSR count). The largest absolute Gasteiger partial charge is 0.493 e. The second-order valence-electron chi connectivity index (χ2n) is 4.26. The van der Waals surface area contributed by atoms with E-state index in [0.717, 1.165) is 0 Å². The van der Waals surface area contributed by atoms with Gasteiger partial charge in [0, 0.05) is 13.2 Å². The number of aliphatic hydroxyl groups is 1. The van der Waals surface area contributed by atoms with Crippen LogP contribution < -0.4 is 10.1 Å². The average Bonchev–Trinajstić information content (AvgIpc) is 2.37. The highest BCUT2D eigenvalue weighted by Gasteiger charge is 2.12. The van der Waals surface area contributed by atoms with Gasteiger partial charge in [-0.05, 0) is 31.4 Å². The topological polar surface area (TPSA) is 58.6 Å². The fraction of sp³-hybridized carbons (Fsp3) is 0.500. The molecule has 0 aromatic heterocycles. The average molecular weight is 251 g/mol. The minimum absolute atomic E-state index is 0.135. The van der Waals surface area contributed by atoms with Crippen LogP contribution in [0.2, 0.25) is 0 Å². The first-order valence-corrected chi connectivity index (χ1v) is 6.30. The first kappa shape index (κ1) is 14.5. The molecule has 2 N–H and O–H groups in total. The van der Waals surface area contributed by atoms with E-state index in [-0.39, 0.29) is 18.4 Å².